The lowest BCUT2D eigenvalue weighted by molar-refractivity contribution is -0.132. The summed E-state index contributed by atoms with van der Waals surface area (Å²) in [6.07, 6.45) is 3.81. The van der Waals surface area contributed by atoms with Crippen molar-refractivity contribution in [3.8, 4) is 0 Å². The average Bonchev–Trinajstić information content (AvgIpc) is 3.25. The molecule has 1 N–H and O–H groups in total. The maximum Gasteiger partial charge on any atom is 0.222 e. The first kappa shape index (κ1) is 15.1. The van der Waals surface area contributed by atoms with E-state index >= 15 is 0 Å². The molecule has 22 heavy (non-hydrogen) atoms. The Morgan fingerprint density at radius 2 is 2.05 bits per heavy atom. The zero-order valence-electron chi connectivity index (χ0n) is 13.9. The number of para-hydroxylation sites is 1. The second-order valence-electron chi connectivity index (χ2n) is 6.17. The number of benzene rings is 1. The Bertz CT molecular complexity index is 605. The Morgan fingerprint density at radius 3 is 2.73 bits per heavy atom. The van der Waals surface area contributed by atoms with E-state index in [2.05, 4.69) is 48.3 Å². The Balaban J connectivity index is 1.81. The Labute approximate surface area is 133 Å². The van der Waals surface area contributed by atoms with E-state index < -0.39 is 0 Å². The minimum atomic E-state index is 0.268. The third kappa shape index (κ3) is 2.53. The lowest BCUT2D eigenvalue weighted by atomic mass is 10.1. The van der Waals surface area contributed by atoms with Crippen LogP contribution in [0.2, 0.25) is 0 Å². The summed E-state index contributed by atoms with van der Waals surface area (Å²) in [6.45, 7) is 7.03. The Hall–Kier alpha value is -1.77. The molecular formula is C19H26N2O. The van der Waals surface area contributed by atoms with Crippen molar-refractivity contribution >= 4 is 11.6 Å². The first-order valence-corrected chi connectivity index (χ1v) is 8.57. The molecule has 3 heteroatoms. The van der Waals surface area contributed by atoms with E-state index in [0.29, 0.717) is 12.5 Å². The lowest BCUT2D eigenvalue weighted by Crippen LogP contribution is -2.40. The number of anilines is 1. The smallest absolute Gasteiger partial charge is 0.222 e. The first-order valence-electron chi connectivity index (χ1n) is 8.57. The molecule has 2 aliphatic rings. The molecular weight excluding hydrogens is 272 g/mol. The molecule has 2 atom stereocenters. The van der Waals surface area contributed by atoms with Crippen LogP contribution in [-0.4, -0.2) is 29.4 Å². The van der Waals surface area contributed by atoms with Crippen molar-refractivity contribution in [2.75, 3.05) is 11.9 Å². The summed E-state index contributed by atoms with van der Waals surface area (Å²) < 4.78 is 0. The molecule has 1 aliphatic carbocycles. The standard InChI is InChI=1S/C19H26N2O/c1-4-16(21(6-3)17(22)5-2)18-14-12-11-13-9-7-8-10-15(13)20-19(14)18/h7-10,16,19-20H,4-6,11-12H2,1-3H3/t16-,19+/m0/s1. The van der Waals surface area contributed by atoms with Gasteiger partial charge in [0.25, 0.3) is 0 Å². The first-order chi connectivity index (χ1) is 10.7. The molecule has 0 radical (unpaired) electrons. The fourth-order valence-electron chi connectivity index (χ4n) is 3.83. The van der Waals surface area contributed by atoms with Crippen LogP contribution in [0.3, 0.4) is 0 Å². The fraction of sp³-hybridized carbons (Fsp3) is 0.526. The van der Waals surface area contributed by atoms with Gasteiger partial charge in [0.1, 0.15) is 0 Å². The van der Waals surface area contributed by atoms with Crippen LogP contribution in [0.25, 0.3) is 0 Å². The van der Waals surface area contributed by atoms with Crippen molar-refractivity contribution in [3.05, 3.63) is 41.0 Å². The number of carbonyl (C=O) groups excluding carboxylic acids is 1. The zero-order valence-corrected chi connectivity index (χ0v) is 13.9. The highest BCUT2D eigenvalue weighted by molar-refractivity contribution is 5.77. The number of likely N-dealkylation sites (N-methyl/N-ethyl adjacent to an activating group) is 1. The van der Waals surface area contributed by atoms with Gasteiger partial charge in [-0.2, -0.15) is 0 Å². The number of nitrogens with zero attached hydrogens (tertiary/aromatic N) is 1. The van der Waals surface area contributed by atoms with Crippen LogP contribution in [0.1, 0.15) is 45.6 Å². The summed E-state index contributed by atoms with van der Waals surface area (Å²) in [7, 11) is 0. The molecule has 3 rings (SSSR count). The molecule has 1 aromatic rings. The topological polar surface area (TPSA) is 32.3 Å². The maximum atomic E-state index is 12.2. The molecule has 3 nitrogen and oxygen atoms in total. The van der Waals surface area contributed by atoms with Crippen LogP contribution in [-0.2, 0) is 11.2 Å². The van der Waals surface area contributed by atoms with Crippen molar-refractivity contribution in [1.29, 1.82) is 0 Å². The van der Waals surface area contributed by atoms with Gasteiger partial charge in [0.2, 0.25) is 5.91 Å². The van der Waals surface area contributed by atoms with Crippen molar-refractivity contribution in [2.24, 2.45) is 0 Å². The number of nitrogens with one attached hydrogen (secondary N) is 1. The van der Waals surface area contributed by atoms with E-state index in [-0.39, 0.29) is 11.9 Å². The molecule has 1 amide bonds. The number of hydrogen-bond donors (Lipinski definition) is 1. The molecule has 0 saturated heterocycles. The molecule has 0 fully saturated rings. The Morgan fingerprint density at radius 1 is 1.27 bits per heavy atom. The van der Waals surface area contributed by atoms with Crippen molar-refractivity contribution in [1.82, 2.24) is 4.90 Å². The number of hydrogen-bond acceptors (Lipinski definition) is 2. The van der Waals surface area contributed by atoms with Gasteiger partial charge in [0.05, 0.1) is 12.1 Å². The van der Waals surface area contributed by atoms with E-state index in [4.69, 9.17) is 0 Å². The molecule has 0 saturated carbocycles. The molecule has 1 aliphatic heterocycles. The number of aryl methyl sites for hydroxylation is 1. The van der Waals surface area contributed by atoms with Crippen LogP contribution in [0.4, 0.5) is 5.69 Å². The van der Waals surface area contributed by atoms with E-state index in [1.807, 2.05) is 6.92 Å². The molecule has 1 aromatic carbocycles. The maximum absolute atomic E-state index is 12.2. The van der Waals surface area contributed by atoms with Crippen LogP contribution >= 0.6 is 0 Å². The molecule has 0 bridgehead atoms. The van der Waals surface area contributed by atoms with E-state index in [0.717, 1.165) is 25.8 Å². The third-order valence-corrected chi connectivity index (χ3v) is 5.01. The van der Waals surface area contributed by atoms with Crippen LogP contribution in [0.15, 0.2) is 35.4 Å². The predicted molar refractivity (Wildman–Crippen MR) is 91.0 cm³/mol. The summed E-state index contributed by atoms with van der Waals surface area (Å²) >= 11 is 0. The van der Waals surface area contributed by atoms with E-state index in [1.165, 1.54) is 22.4 Å². The van der Waals surface area contributed by atoms with Gasteiger partial charge in [-0.05, 0) is 49.0 Å². The van der Waals surface area contributed by atoms with Gasteiger partial charge in [-0.1, -0.05) is 32.0 Å². The SMILES string of the molecule is CCC(=O)N(CC)[C@@H](CC)C1=C2CCc3ccccc3N[C@H]21. The highest BCUT2D eigenvalue weighted by Crippen LogP contribution is 2.45. The molecule has 0 spiro atoms. The summed E-state index contributed by atoms with van der Waals surface area (Å²) in [5.74, 6) is 0.268. The lowest BCUT2D eigenvalue weighted by Gasteiger charge is -2.29. The normalized spacial score (nSPS) is 20.4. The molecule has 0 unspecified atom stereocenters. The summed E-state index contributed by atoms with van der Waals surface area (Å²) in [6, 6.07) is 9.24. The van der Waals surface area contributed by atoms with E-state index in [9.17, 15) is 4.79 Å². The zero-order chi connectivity index (χ0) is 15.7. The van der Waals surface area contributed by atoms with Crippen LogP contribution in [0, 0.1) is 0 Å². The molecule has 1 heterocycles. The second kappa shape index (κ2) is 6.15. The predicted octanol–water partition coefficient (Wildman–Crippen LogP) is 3.76. The van der Waals surface area contributed by atoms with Gasteiger partial charge < -0.3 is 10.2 Å². The van der Waals surface area contributed by atoms with Gasteiger partial charge in [-0.3, -0.25) is 4.79 Å². The fourth-order valence-corrected chi connectivity index (χ4v) is 3.83. The minimum Gasteiger partial charge on any atom is -0.374 e. The quantitative estimate of drug-likeness (QED) is 0.839. The van der Waals surface area contributed by atoms with Crippen LogP contribution in [0.5, 0.6) is 0 Å². The Kier molecular flexibility index (Phi) is 4.23. The molecule has 0 aromatic heterocycles. The van der Waals surface area contributed by atoms with Gasteiger partial charge in [-0.25, -0.2) is 0 Å². The average molecular weight is 298 g/mol. The summed E-state index contributed by atoms with van der Waals surface area (Å²) in [4.78, 5) is 14.3. The summed E-state index contributed by atoms with van der Waals surface area (Å²) in [5.41, 5.74) is 5.68. The monoisotopic (exact) mass is 298 g/mol. The van der Waals surface area contributed by atoms with Gasteiger partial charge in [-0.15, -0.1) is 0 Å². The largest absolute Gasteiger partial charge is 0.374 e. The van der Waals surface area contributed by atoms with Crippen molar-refractivity contribution in [3.63, 3.8) is 0 Å². The highest BCUT2D eigenvalue weighted by Gasteiger charge is 2.43. The summed E-state index contributed by atoms with van der Waals surface area (Å²) in [5, 5.41) is 3.69. The van der Waals surface area contributed by atoms with Gasteiger partial charge in [0.15, 0.2) is 0 Å². The molecule has 118 valence electrons. The second-order valence-corrected chi connectivity index (χ2v) is 6.17. The highest BCUT2D eigenvalue weighted by atomic mass is 16.2. The van der Waals surface area contributed by atoms with Gasteiger partial charge >= 0.3 is 0 Å². The van der Waals surface area contributed by atoms with Crippen molar-refractivity contribution < 1.29 is 4.79 Å². The van der Waals surface area contributed by atoms with E-state index in [1.54, 1.807) is 0 Å². The third-order valence-electron chi connectivity index (χ3n) is 5.01. The number of amides is 1. The number of rotatable bonds is 5. The van der Waals surface area contributed by atoms with Crippen molar-refractivity contribution in [2.45, 2.75) is 58.5 Å². The van der Waals surface area contributed by atoms with Gasteiger partial charge in [0, 0.05) is 18.7 Å². The number of carbonyl (C=O) groups is 1. The minimum absolute atomic E-state index is 0.268. The number of fused-ring (bicyclic) bond motifs is 2. The van der Waals surface area contributed by atoms with Crippen LogP contribution < -0.4 is 5.32 Å².